The zero-order valence-electron chi connectivity index (χ0n) is 19.3. The van der Waals surface area contributed by atoms with Gasteiger partial charge in [0.15, 0.2) is 5.11 Å². The van der Waals surface area contributed by atoms with Crippen LogP contribution in [0.4, 0.5) is 0 Å². The first-order valence-electron chi connectivity index (χ1n) is 11.3. The largest absolute Gasteiger partial charge is 0.362 e. The molecule has 166 valence electrons. The predicted octanol–water partition coefficient (Wildman–Crippen LogP) is 4.15. The first kappa shape index (κ1) is 24.4. The lowest BCUT2D eigenvalue weighted by Gasteiger charge is -2.28. The molecule has 0 unspecified atom stereocenters. The number of nitrogens with zero attached hydrogens (tertiary/aromatic N) is 2. The Morgan fingerprint density at radius 1 is 1.13 bits per heavy atom. The van der Waals surface area contributed by atoms with Gasteiger partial charge < -0.3 is 20.1 Å². The van der Waals surface area contributed by atoms with Crippen molar-refractivity contribution < 1.29 is 0 Å². The van der Waals surface area contributed by atoms with Gasteiger partial charge in [-0.05, 0) is 79.8 Å². The van der Waals surface area contributed by atoms with E-state index in [-0.39, 0.29) is 5.56 Å². The summed E-state index contributed by atoms with van der Waals surface area (Å²) in [6.45, 7) is 16.2. The minimum absolute atomic E-state index is 0.0350. The standard InChI is InChI=1S/C24H38N4OS/c1-6-19-10-11-22-20(14-19)15-21(23(29)26-22)17-28(24(30)25-16-18(4)5)13-9-12-27(7-2)8-3/h10-11,14-15,18H,6-9,12-13,16-17H2,1-5H3,(H,25,30)(H,26,29). The average molecular weight is 431 g/mol. The third kappa shape index (κ3) is 7.10. The first-order chi connectivity index (χ1) is 14.4. The van der Waals surface area contributed by atoms with Gasteiger partial charge in [-0.25, -0.2) is 0 Å². The van der Waals surface area contributed by atoms with Crippen LogP contribution >= 0.6 is 12.2 Å². The number of fused-ring (bicyclic) bond motifs is 1. The molecule has 0 fully saturated rings. The molecule has 0 aliphatic carbocycles. The molecule has 1 aromatic heterocycles. The highest BCUT2D eigenvalue weighted by Gasteiger charge is 2.14. The van der Waals surface area contributed by atoms with Crippen LogP contribution in [0.1, 0.15) is 52.2 Å². The molecule has 0 atom stereocenters. The molecule has 2 aromatic rings. The average Bonchev–Trinajstić information content (AvgIpc) is 2.74. The number of pyridine rings is 1. The molecule has 0 aliphatic rings. The third-order valence-electron chi connectivity index (χ3n) is 5.50. The molecule has 0 aliphatic heterocycles. The van der Waals surface area contributed by atoms with E-state index in [0.29, 0.717) is 12.5 Å². The van der Waals surface area contributed by atoms with Gasteiger partial charge in [-0.2, -0.15) is 0 Å². The molecule has 0 saturated carbocycles. The number of nitrogens with one attached hydrogen (secondary N) is 2. The molecule has 5 nitrogen and oxygen atoms in total. The van der Waals surface area contributed by atoms with Crippen LogP contribution in [-0.4, -0.2) is 52.6 Å². The monoisotopic (exact) mass is 430 g/mol. The van der Waals surface area contributed by atoms with Crippen LogP contribution in [0, 0.1) is 5.92 Å². The fraction of sp³-hybridized carbons (Fsp3) is 0.583. The zero-order chi connectivity index (χ0) is 22.1. The highest BCUT2D eigenvalue weighted by Crippen LogP contribution is 2.15. The van der Waals surface area contributed by atoms with E-state index in [1.807, 2.05) is 12.1 Å². The smallest absolute Gasteiger partial charge is 0.253 e. The summed E-state index contributed by atoms with van der Waals surface area (Å²) in [6.07, 6.45) is 1.99. The van der Waals surface area contributed by atoms with E-state index in [1.165, 1.54) is 5.56 Å². The number of aromatic amines is 1. The quantitative estimate of drug-likeness (QED) is 0.525. The lowest BCUT2D eigenvalue weighted by Crippen LogP contribution is -2.42. The molecular formula is C24H38N4OS. The highest BCUT2D eigenvalue weighted by molar-refractivity contribution is 7.80. The summed E-state index contributed by atoms with van der Waals surface area (Å²) in [6, 6.07) is 8.25. The molecule has 0 amide bonds. The minimum Gasteiger partial charge on any atom is -0.362 e. The molecule has 0 saturated heterocycles. The Morgan fingerprint density at radius 3 is 2.50 bits per heavy atom. The van der Waals surface area contributed by atoms with Gasteiger partial charge in [0.2, 0.25) is 0 Å². The van der Waals surface area contributed by atoms with Gasteiger partial charge in [-0.1, -0.05) is 40.7 Å². The van der Waals surface area contributed by atoms with Crippen molar-refractivity contribution in [2.75, 3.05) is 32.7 Å². The van der Waals surface area contributed by atoms with Crippen molar-refractivity contribution in [2.24, 2.45) is 5.92 Å². The second-order valence-corrected chi connectivity index (χ2v) is 8.67. The van der Waals surface area contributed by atoms with Crippen LogP contribution in [-0.2, 0) is 13.0 Å². The number of aryl methyl sites for hydroxylation is 1. The van der Waals surface area contributed by atoms with E-state index in [1.54, 1.807) is 0 Å². The van der Waals surface area contributed by atoms with Crippen molar-refractivity contribution in [1.82, 2.24) is 20.1 Å². The number of hydrogen-bond donors (Lipinski definition) is 2. The van der Waals surface area contributed by atoms with Crippen LogP contribution in [0.5, 0.6) is 0 Å². The van der Waals surface area contributed by atoms with Crippen molar-refractivity contribution in [1.29, 1.82) is 0 Å². The summed E-state index contributed by atoms with van der Waals surface area (Å²) < 4.78 is 0. The van der Waals surface area contributed by atoms with Gasteiger partial charge in [0.05, 0.1) is 6.54 Å². The summed E-state index contributed by atoms with van der Waals surface area (Å²) >= 11 is 5.70. The Bertz CT molecular complexity index is 873. The molecule has 1 aromatic carbocycles. The number of H-pyrrole nitrogens is 1. The molecule has 2 N–H and O–H groups in total. The van der Waals surface area contributed by atoms with Crippen molar-refractivity contribution in [3.05, 3.63) is 45.7 Å². The summed E-state index contributed by atoms with van der Waals surface area (Å²) in [4.78, 5) is 20.3. The second kappa shape index (κ2) is 12.1. The molecule has 2 rings (SSSR count). The van der Waals surface area contributed by atoms with Gasteiger partial charge in [0, 0.05) is 24.2 Å². The Labute approximate surface area is 186 Å². The van der Waals surface area contributed by atoms with E-state index in [0.717, 1.165) is 67.1 Å². The summed E-state index contributed by atoms with van der Waals surface area (Å²) in [7, 11) is 0. The lowest BCUT2D eigenvalue weighted by atomic mass is 10.1. The highest BCUT2D eigenvalue weighted by atomic mass is 32.1. The fourth-order valence-electron chi connectivity index (χ4n) is 3.52. The first-order valence-corrected chi connectivity index (χ1v) is 11.7. The Kier molecular flexibility index (Phi) is 9.79. The zero-order valence-corrected chi connectivity index (χ0v) is 20.1. The molecule has 0 bridgehead atoms. The van der Waals surface area contributed by atoms with Crippen LogP contribution < -0.4 is 10.9 Å². The topological polar surface area (TPSA) is 51.4 Å². The number of aromatic nitrogens is 1. The van der Waals surface area contributed by atoms with E-state index >= 15 is 0 Å². The van der Waals surface area contributed by atoms with E-state index < -0.39 is 0 Å². The van der Waals surface area contributed by atoms with Crippen molar-refractivity contribution >= 4 is 28.2 Å². The predicted molar refractivity (Wildman–Crippen MR) is 132 cm³/mol. The fourth-order valence-corrected chi connectivity index (χ4v) is 3.76. The number of hydrogen-bond acceptors (Lipinski definition) is 3. The van der Waals surface area contributed by atoms with E-state index in [9.17, 15) is 4.79 Å². The molecule has 1 heterocycles. The Balaban J connectivity index is 2.21. The van der Waals surface area contributed by atoms with Gasteiger partial charge in [-0.3, -0.25) is 4.79 Å². The normalized spacial score (nSPS) is 11.4. The van der Waals surface area contributed by atoms with E-state index in [2.05, 4.69) is 66.9 Å². The maximum absolute atomic E-state index is 12.7. The second-order valence-electron chi connectivity index (χ2n) is 8.28. The van der Waals surface area contributed by atoms with Gasteiger partial charge in [0.25, 0.3) is 5.56 Å². The van der Waals surface area contributed by atoms with Gasteiger partial charge >= 0.3 is 0 Å². The molecular weight excluding hydrogens is 392 g/mol. The van der Waals surface area contributed by atoms with Crippen LogP contribution in [0.2, 0.25) is 0 Å². The maximum Gasteiger partial charge on any atom is 0.253 e. The Hall–Kier alpha value is -1.92. The molecule has 0 spiro atoms. The number of benzene rings is 1. The van der Waals surface area contributed by atoms with Crippen LogP contribution in [0.25, 0.3) is 10.9 Å². The molecule has 0 radical (unpaired) electrons. The van der Waals surface area contributed by atoms with Crippen LogP contribution in [0.15, 0.2) is 29.1 Å². The van der Waals surface area contributed by atoms with Gasteiger partial charge in [0.1, 0.15) is 0 Å². The van der Waals surface area contributed by atoms with E-state index in [4.69, 9.17) is 12.2 Å². The third-order valence-corrected chi connectivity index (χ3v) is 5.90. The minimum atomic E-state index is -0.0350. The number of rotatable bonds is 11. The van der Waals surface area contributed by atoms with Gasteiger partial charge in [-0.15, -0.1) is 0 Å². The maximum atomic E-state index is 12.7. The summed E-state index contributed by atoms with van der Waals surface area (Å²) in [5, 5.41) is 5.18. The number of thiocarbonyl (C=S) groups is 1. The molecule has 6 heteroatoms. The van der Waals surface area contributed by atoms with Crippen LogP contribution in [0.3, 0.4) is 0 Å². The summed E-state index contributed by atoms with van der Waals surface area (Å²) in [5.41, 5.74) is 2.87. The Morgan fingerprint density at radius 2 is 1.87 bits per heavy atom. The van der Waals surface area contributed by atoms with Crippen molar-refractivity contribution in [2.45, 2.75) is 54.0 Å². The summed E-state index contributed by atoms with van der Waals surface area (Å²) in [5.74, 6) is 0.511. The van der Waals surface area contributed by atoms with Crippen molar-refractivity contribution in [3.63, 3.8) is 0 Å². The SMILES string of the molecule is CCc1ccc2[nH]c(=O)c(CN(CCCN(CC)CC)C(=S)NCC(C)C)cc2c1. The van der Waals surface area contributed by atoms with Crippen molar-refractivity contribution in [3.8, 4) is 0 Å². The lowest BCUT2D eigenvalue weighted by molar-refractivity contribution is 0.279. The molecule has 30 heavy (non-hydrogen) atoms.